The Balaban J connectivity index is 1.40. The van der Waals surface area contributed by atoms with Gasteiger partial charge in [0, 0.05) is 36.3 Å². The third-order valence-corrected chi connectivity index (χ3v) is 7.07. The molecule has 37 heavy (non-hydrogen) atoms. The third kappa shape index (κ3) is 4.96. The van der Waals surface area contributed by atoms with E-state index in [2.05, 4.69) is 10.3 Å². The highest BCUT2D eigenvalue weighted by molar-refractivity contribution is 6.08. The second-order valence-corrected chi connectivity index (χ2v) is 10.1. The van der Waals surface area contributed by atoms with E-state index >= 15 is 0 Å². The molecule has 5 rings (SSSR count). The zero-order valence-electron chi connectivity index (χ0n) is 21.1. The zero-order chi connectivity index (χ0) is 25.9. The number of benzene rings is 1. The summed E-state index contributed by atoms with van der Waals surface area (Å²) < 4.78 is 1.79. The van der Waals surface area contributed by atoms with Gasteiger partial charge in [-0.25, -0.2) is 4.68 Å². The van der Waals surface area contributed by atoms with E-state index in [1.807, 2.05) is 74.7 Å². The first kappa shape index (κ1) is 24.6. The number of hydrogen-bond donors (Lipinski definition) is 1. The van der Waals surface area contributed by atoms with E-state index in [4.69, 9.17) is 5.10 Å². The third-order valence-electron chi connectivity index (χ3n) is 7.07. The van der Waals surface area contributed by atoms with E-state index in [1.165, 1.54) is 4.90 Å². The van der Waals surface area contributed by atoms with E-state index in [9.17, 15) is 14.4 Å². The molecule has 1 aliphatic heterocycles. The largest absolute Gasteiger partial charge is 0.350 e. The Morgan fingerprint density at radius 1 is 1.00 bits per heavy atom. The molecule has 1 saturated heterocycles. The minimum atomic E-state index is -0.834. The lowest BCUT2D eigenvalue weighted by Crippen LogP contribution is -2.50. The number of amides is 3. The van der Waals surface area contributed by atoms with Crippen molar-refractivity contribution < 1.29 is 14.4 Å². The van der Waals surface area contributed by atoms with Gasteiger partial charge in [0.05, 0.1) is 23.2 Å². The van der Waals surface area contributed by atoms with Crippen molar-refractivity contribution in [2.45, 2.75) is 45.7 Å². The fourth-order valence-corrected chi connectivity index (χ4v) is 5.21. The van der Waals surface area contributed by atoms with Crippen LogP contribution in [0.25, 0.3) is 16.9 Å². The average Bonchev–Trinajstić information content (AvgIpc) is 3.46. The smallest absolute Gasteiger partial charge is 0.243 e. The van der Waals surface area contributed by atoms with Crippen LogP contribution in [-0.2, 0) is 20.9 Å². The summed E-state index contributed by atoms with van der Waals surface area (Å²) in [6, 6.07) is 12.7. The molecule has 0 radical (unpaired) electrons. The summed E-state index contributed by atoms with van der Waals surface area (Å²) in [5.74, 6) is -1.37. The predicted molar refractivity (Wildman–Crippen MR) is 139 cm³/mol. The minimum absolute atomic E-state index is 0.130. The highest BCUT2D eigenvalue weighted by Gasteiger charge is 2.51. The standard InChI is InChI=1S/C29H31N5O3/c1-19(2)16-25(34-28(36)23-10-6-7-11-24(23)29(34)37)27(35)31-17-21-18-33(22-8-4-3-5-9-22)32-26(21)20-12-14-30-15-13-20/h3-9,12-15,18-19,23-25H,10-11,16-17H2,1-2H3,(H,31,35). The van der Waals surface area contributed by atoms with Crippen LogP contribution in [0.3, 0.4) is 0 Å². The molecule has 3 aromatic rings. The van der Waals surface area contributed by atoms with Crippen LogP contribution < -0.4 is 5.32 Å². The van der Waals surface area contributed by atoms with E-state index in [0.29, 0.717) is 19.3 Å². The second-order valence-electron chi connectivity index (χ2n) is 10.1. The van der Waals surface area contributed by atoms with Crippen LogP contribution in [0.15, 0.2) is 73.2 Å². The number of likely N-dealkylation sites (tertiary alicyclic amines) is 1. The van der Waals surface area contributed by atoms with Gasteiger partial charge in [-0.1, -0.05) is 44.2 Å². The van der Waals surface area contributed by atoms with Crippen molar-refractivity contribution in [3.8, 4) is 16.9 Å². The van der Waals surface area contributed by atoms with E-state index in [0.717, 1.165) is 22.5 Å². The molecule has 1 N–H and O–H groups in total. The molecule has 190 valence electrons. The number of nitrogens with zero attached hydrogens (tertiary/aromatic N) is 4. The molecule has 3 amide bonds. The molecule has 3 atom stereocenters. The summed E-state index contributed by atoms with van der Waals surface area (Å²) in [5.41, 5.74) is 3.34. The molecule has 1 fully saturated rings. The van der Waals surface area contributed by atoms with Crippen LogP contribution in [0.2, 0.25) is 0 Å². The van der Waals surface area contributed by atoms with Gasteiger partial charge in [-0.15, -0.1) is 0 Å². The topological polar surface area (TPSA) is 97.2 Å². The highest BCUT2D eigenvalue weighted by atomic mass is 16.2. The molecule has 0 spiro atoms. The maximum atomic E-state index is 13.6. The summed E-state index contributed by atoms with van der Waals surface area (Å²) in [6.07, 6.45) is 10.7. The lowest BCUT2D eigenvalue weighted by molar-refractivity contribution is -0.148. The molecule has 3 unspecified atom stereocenters. The Hall–Kier alpha value is -4.07. The van der Waals surface area contributed by atoms with Crippen LogP contribution in [0.4, 0.5) is 0 Å². The number of hydrogen-bond acceptors (Lipinski definition) is 5. The van der Waals surface area contributed by atoms with Gasteiger partial charge in [0.15, 0.2) is 0 Å². The molecule has 2 aliphatic rings. The zero-order valence-corrected chi connectivity index (χ0v) is 21.1. The number of aromatic nitrogens is 3. The van der Waals surface area contributed by atoms with Crippen LogP contribution in [-0.4, -0.2) is 43.4 Å². The SMILES string of the molecule is CC(C)CC(C(=O)NCc1cn(-c2ccccc2)nc1-c1ccncc1)N1C(=O)C2CC=CCC2C1=O. The van der Waals surface area contributed by atoms with Crippen molar-refractivity contribution in [3.63, 3.8) is 0 Å². The van der Waals surface area contributed by atoms with Gasteiger partial charge in [0.1, 0.15) is 6.04 Å². The van der Waals surface area contributed by atoms with Crippen LogP contribution in [0, 0.1) is 17.8 Å². The Kier molecular flexibility index (Phi) is 6.99. The average molecular weight is 498 g/mol. The Morgan fingerprint density at radius 3 is 2.27 bits per heavy atom. The quantitative estimate of drug-likeness (QED) is 0.376. The number of nitrogens with one attached hydrogen (secondary N) is 1. The summed E-state index contributed by atoms with van der Waals surface area (Å²) in [5, 5.41) is 7.79. The van der Waals surface area contributed by atoms with Crippen molar-refractivity contribution in [1.29, 1.82) is 0 Å². The lowest BCUT2D eigenvalue weighted by Gasteiger charge is -2.27. The van der Waals surface area contributed by atoms with Crippen LogP contribution >= 0.6 is 0 Å². The van der Waals surface area contributed by atoms with Crippen molar-refractivity contribution in [3.05, 3.63) is 78.8 Å². The number of pyridine rings is 1. The van der Waals surface area contributed by atoms with Crippen LogP contribution in [0.1, 0.15) is 38.7 Å². The molecule has 8 nitrogen and oxygen atoms in total. The van der Waals surface area contributed by atoms with Crippen molar-refractivity contribution >= 4 is 17.7 Å². The van der Waals surface area contributed by atoms with E-state index < -0.39 is 6.04 Å². The van der Waals surface area contributed by atoms with Gasteiger partial charge in [-0.3, -0.25) is 24.3 Å². The number of imide groups is 1. The van der Waals surface area contributed by atoms with E-state index in [1.54, 1.807) is 17.1 Å². The molecular weight excluding hydrogens is 466 g/mol. The molecule has 2 aromatic heterocycles. The second kappa shape index (κ2) is 10.5. The normalized spacial score (nSPS) is 19.8. The van der Waals surface area contributed by atoms with Gasteiger partial charge in [0.25, 0.3) is 0 Å². The number of para-hydroxylation sites is 1. The summed E-state index contributed by atoms with van der Waals surface area (Å²) in [6.45, 7) is 4.19. The maximum Gasteiger partial charge on any atom is 0.243 e. The molecule has 0 saturated carbocycles. The number of rotatable bonds is 8. The predicted octanol–water partition coefficient (Wildman–Crippen LogP) is 3.92. The van der Waals surface area contributed by atoms with Gasteiger partial charge in [0.2, 0.25) is 17.7 Å². The first-order valence-electron chi connectivity index (χ1n) is 12.8. The number of allylic oxidation sites excluding steroid dienone is 2. The molecule has 0 bridgehead atoms. The molecule has 1 aromatic carbocycles. The fourth-order valence-electron chi connectivity index (χ4n) is 5.21. The number of carbonyl (C=O) groups excluding carboxylic acids is 3. The van der Waals surface area contributed by atoms with Gasteiger partial charge >= 0.3 is 0 Å². The first-order valence-corrected chi connectivity index (χ1v) is 12.8. The lowest BCUT2D eigenvalue weighted by atomic mass is 9.85. The van der Waals surface area contributed by atoms with Crippen molar-refractivity contribution in [2.75, 3.05) is 0 Å². The molecule has 3 heterocycles. The number of fused-ring (bicyclic) bond motifs is 1. The minimum Gasteiger partial charge on any atom is -0.350 e. The van der Waals surface area contributed by atoms with Gasteiger partial charge in [-0.2, -0.15) is 5.10 Å². The van der Waals surface area contributed by atoms with Gasteiger partial charge < -0.3 is 5.32 Å². The Bertz CT molecular complexity index is 1290. The fraction of sp³-hybridized carbons (Fsp3) is 0.345. The molecular formula is C29H31N5O3. The van der Waals surface area contributed by atoms with Crippen molar-refractivity contribution in [1.82, 2.24) is 25.0 Å². The maximum absolute atomic E-state index is 13.6. The van der Waals surface area contributed by atoms with E-state index in [-0.39, 0.29) is 42.0 Å². The number of carbonyl (C=O) groups is 3. The molecule has 8 heteroatoms. The summed E-state index contributed by atoms with van der Waals surface area (Å²) >= 11 is 0. The monoisotopic (exact) mass is 497 g/mol. The van der Waals surface area contributed by atoms with Crippen LogP contribution in [0.5, 0.6) is 0 Å². The van der Waals surface area contributed by atoms with Crippen molar-refractivity contribution in [2.24, 2.45) is 17.8 Å². The first-order chi connectivity index (χ1) is 17.9. The summed E-state index contributed by atoms with van der Waals surface area (Å²) in [7, 11) is 0. The Labute approximate surface area is 216 Å². The molecule has 1 aliphatic carbocycles. The van der Waals surface area contributed by atoms with Gasteiger partial charge in [-0.05, 0) is 49.4 Å². The Morgan fingerprint density at radius 2 is 1.65 bits per heavy atom. The highest BCUT2D eigenvalue weighted by Crippen LogP contribution is 2.37. The summed E-state index contributed by atoms with van der Waals surface area (Å²) in [4.78, 5) is 45.3.